The Kier molecular flexibility index (Phi) is 6.18. The van der Waals surface area contributed by atoms with Crippen molar-refractivity contribution in [3.63, 3.8) is 0 Å². The van der Waals surface area contributed by atoms with Crippen molar-refractivity contribution in [2.24, 2.45) is 0 Å². The summed E-state index contributed by atoms with van der Waals surface area (Å²) in [5, 5.41) is 7.01. The fraction of sp³-hybridized carbons (Fsp3) is 0. The molecule has 0 atom stereocenters. The third kappa shape index (κ3) is 4.44. The van der Waals surface area contributed by atoms with Crippen LogP contribution in [0.3, 0.4) is 0 Å². The van der Waals surface area contributed by atoms with E-state index in [1.807, 2.05) is 12.1 Å². The Balaban J connectivity index is 1.04. The van der Waals surface area contributed by atoms with Gasteiger partial charge in [-0.05, 0) is 70.4 Å². The average molecular weight is 628 g/mol. The van der Waals surface area contributed by atoms with Crippen LogP contribution >= 0.6 is 0 Å². The van der Waals surface area contributed by atoms with Gasteiger partial charge in [0.25, 0.3) is 0 Å². The summed E-state index contributed by atoms with van der Waals surface area (Å²) in [6.45, 7) is 0. The first kappa shape index (κ1) is 27.5. The van der Waals surface area contributed by atoms with Gasteiger partial charge in [0.05, 0.1) is 0 Å². The SMILES string of the molecule is c1ccc(N(c2ccc(-c3cccc4c3oc3ccccc34)cc2)c2ccc(-c3cccc4c3oc3ccc5ccccc5c34)cc2)cc1. The molecular weight excluding hydrogens is 599 g/mol. The molecule has 0 radical (unpaired) electrons. The van der Waals surface area contributed by atoms with Crippen LogP contribution in [0.15, 0.2) is 185 Å². The Bertz CT molecular complexity index is 2810. The zero-order chi connectivity index (χ0) is 32.3. The minimum absolute atomic E-state index is 0.908. The predicted molar refractivity (Wildman–Crippen MR) is 204 cm³/mol. The van der Waals surface area contributed by atoms with E-state index >= 15 is 0 Å². The van der Waals surface area contributed by atoms with Crippen molar-refractivity contribution in [2.75, 3.05) is 4.90 Å². The molecule has 0 saturated carbocycles. The van der Waals surface area contributed by atoms with Gasteiger partial charge in [-0.1, -0.05) is 127 Å². The summed E-state index contributed by atoms with van der Waals surface area (Å²) < 4.78 is 12.9. The normalized spacial score (nSPS) is 11.7. The van der Waals surface area contributed by atoms with Gasteiger partial charge in [-0.3, -0.25) is 0 Å². The van der Waals surface area contributed by atoms with Crippen LogP contribution in [-0.4, -0.2) is 0 Å². The van der Waals surface area contributed by atoms with Crippen molar-refractivity contribution in [3.8, 4) is 22.3 Å². The summed E-state index contributed by atoms with van der Waals surface area (Å²) >= 11 is 0. The second-order valence-corrected chi connectivity index (χ2v) is 12.5. The highest BCUT2D eigenvalue weighted by atomic mass is 16.3. The van der Waals surface area contributed by atoms with Gasteiger partial charge in [-0.2, -0.15) is 0 Å². The number of rotatable bonds is 5. The molecule has 0 saturated heterocycles. The van der Waals surface area contributed by atoms with Crippen LogP contribution in [-0.2, 0) is 0 Å². The molecule has 0 aliphatic heterocycles. The lowest BCUT2D eigenvalue weighted by Crippen LogP contribution is -2.09. The van der Waals surface area contributed by atoms with Crippen LogP contribution in [0.5, 0.6) is 0 Å². The molecule has 10 aromatic rings. The second-order valence-electron chi connectivity index (χ2n) is 12.5. The molecule has 3 heteroatoms. The van der Waals surface area contributed by atoms with E-state index in [0.29, 0.717) is 0 Å². The number of fused-ring (bicyclic) bond motifs is 8. The molecule has 0 N–H and O–H groups in total. The Morgan fingerprint density at radius 2 is 0.857 bits per heavy atom. The molecule has 2 aromatic heterocycles. The fourth-order valence-electron chi connectivity index (χ4n) is 7.37. The standard InChI is InChI=1S/C46H29NO2/c1-2-11-33(12-3-1)47(34-25-20-31(21-26-34)37-15-8-17-40-39-14-6-7-19-42(39)48-45(37)40)35-27-22-32(23-28-35)38-16-9-18-41-44-36-13-5-4-10-30(36)24-29-43(44)49-46(38)41/h1-29H. The van der Waals surface area contributed by atoms with Crippen LogP contribution in [0, 0.1) is 0 Å². The molecule has 0 fully saturated rings. The maximum absolute atomic E-state index is 6.54. The van der Waals surface area contributed by atoms with Gasteiger partial charge in [0.2, 0.25) is 0 Å². The molecule has 3 nitrogen and oxygen atoms in total. The lowest BCUT2D eigenvalue weighted by atomic mass is 9.99. The highest BCUT2D eigenvalue weighted by molar-refractivity contribution is 6.20. The van der Waals surface area contributed by atoms with E-state index in [0.717, 1.165) is 77.8 Å². The van der Waals surface area contributed by atoms with Gasteiger partial charge >= 0.3 is 0 Å². The number of hydrogen-bond donors (Lipinski definition) is 0. The van der Waals surface area contributed by atoms with Crippen molar-refractivity contribution >= 4 is 71.7 Å². The quantitative estimate of drug-likeness (QED) is 0.190. The first-order valence-corrected chi connectivity index (χ1v) is 16.6. The summed E-state index contributed by atoms with van der Waals surface area (Å²) in [5.41, 5.74) is 11.3. The summed E-state index contributed by atoms with van der Waals surface area (Å²) in [4.78, 5) is 2.29. The van der Waals surface area contributed by atoms with E-state index in [1.54, 1.807) is 0 Å². The number of benzene rings is 8. The third-order valence-electron chi connectivity index (χ3n) is 9.68. The van der Waals surface area contributed by atoms with Crippen LogP contribution < -0.4 is 4.90 Å². The topological polar surface area (TPSA) is 29.5 Å². The average Bonchev–Trinajstić information content (AvgIpc) is 3.75. The molecule has 8 aromatic carbocycles. The Morgan fingerprint density at radius 3 is 1.57 bits per heavy atom. The van der Waals surface area contributed by atoms with E-state index in [1.165, 1.54) is 16.2 Å². The van der Waals surface area contributed by atoms with E-state index < -0.39 is 0 Å². The van der Waals surface area contributed by atoms with Crippen molar-refractivity contribution in [1.82, 2.24) is 0 Å². The lowest BCUT2D eigenvalue weighted by molar-refractivity contribution is 0.670. The second kappa shape index (κ2) is 11.0. The molecule has 10 rings (SSSR count). The molecule has 0 bridgehead atoms. The monoisotopic (exact) mass is 627 g/mol. The maximum Gasteiger partial charge on any atom is 0.143 e. The number of furan rings is 2. The lowest BCUT2D eigenvalue weighted by Gasteiger charge is -2.26. The molecule has 0 aliphatic rings. The zero-order valence-electron chi connectivity index (χ0n) is 26.5. The van der Waals surface area contributed by atoms with Gasteiger partial charge in [0.1, 0.15) is 22.3 Å². The summed E-state index contributed by atoms with van der Waals surface area (Å²) in [7, 11) is 0. The highest BCUT2D eigenvalue weighted by Gasteiger charge is 2.17. The number of hydrogen-bond acceptors (Lipinski definition) is 3. The van der Waals surface area contributed by atoms with E-state index in [4.69, 9.17) is 8.83 Å². The van der Waals surface area contributed by atoms with Crippen LogP contribution in [0.4, 0.5) is 17.1 Å². The van der Waals surface area contributed by atoms with Gasteiger partial charge in [-0.15, -0.1) is 0 Å². The minimum Gasteiger partial charge on any atom is -0.455 e. The van der Waals surface area contributed by atoms with E-state index in [2.05, 4.69) is 169 Å². The van der Waals surface area contributed by atoms with Crippen LogP contribution in [0.25, 0.3) is 76.9 Å². The first-order chi connectivity index (χ1) is 24.3. The van der Waals surface area contributed by atoms with Gasteiger partial charge in [-0.25, -0.2) is 0 Å². The largest absolute Gasteiger partial charge is 0.455 e. The van der Waals surface area contributed by atoms with Crippen molar-refractivity contribution in [2.45, 2.75) is 0 Å². The Hall–Kier alpha value is -6.58. The molecule has 2 heterocycles. The molecule has 0 unspecified atom stereocenters. The molecule has 49 heavy (non-hydrogen) atoms. The third-order valence-corrected chi connectivity index (χ3v) is 9.68. The molecule has 0 aliphatic carbocycles. The minimum atomic E-state index is 0.908. The van der Waals surface area contributed by atoms with Crippen LogP contribution in [0.2, 0.25) is 0 Å². The van der Waals surface area contributed by atoms with Gasteiger partial charge in [0, 0.05) is 49.7 Å². The van der Waals surface area contributed by atoms with Crippen molar-refractivity contribution in [1.29, 1.82) is 0 Å². The van der Waals surface area contributed by atoms with E-state index in [9.17, 15) is 0 Å². The first-order valence-electron chi connectivity index (χ1n) is 16.6. The van der Waals surface area contributed by atoms with E-state index in [-0.39, 0.29) is 0 Å². The summed E-state index contributed by atoms with van der Waals surface area (Å²) in [6, 6.07) is 61.9. The summed E-state index contributed by atoms with van der Waals surface area (Å²) in [6.07, 6.45) is 0. The van der Waals surface area contributed by atoms with Crippen molar-refractivity contribution in [3.05, 3.63) is 176 Å². The smallest absolute Gasteiger partial charge is 0.143 e. The van der Waals surface area contributed by atoms with Gasteiger partial charge in [0.15, 0.2) is 0 Å². The number of nitrogens with zero attached hydrogens (tertiary/aromatic N) is 1. The van der Waals surface area contributed by atoms with Gasteiger partial charge < -0.3 is 13.7 Å². The zero-order valence-corrected chi connectivity index (χ0v) is 26.5. The highest BCUT2D eigenvalue weighted by Crippen LogP contribution is 2.42. The predicted octanol–water partition coefficient (Wildman–Crippen LogP) is 13.4. The maximum atomic E-state index is 6.54. The van der Waals surface area contributed by atoms with Crippen LogP contribution in [0.1, 0.15) is 0 Å². The molecule has 230 valence electrons. The Morgan fingerprint density at radius 1 is 0.327 bits per heavy atom. The summed E-state index contributed by atoms with van der Waals surface area (Å²) in [5.74, 6) is 0. The number of anilines is 3. The fourth-order valence-corrected chi connectivity index (χ4v) is 7.37. The molecule has 0 spiro atoms. The van der Waals surface area contributed by atoms with Crippen molar-refractivity contribution < 1.29 is 8.83 Å². The number of para-hydroxylation sites is 4. The Labute approximate surface area is 282 Å². The molecule has 0 amide bonds. The molecular formula is C46H29NO2.